The fraction of sp³-hybridized carbons (Fsp3) is 0.480. The smallest absolute Gasteiger partial charge is 0.407 e. The quantitative estimate of drug-likeness (QED) is 0.545. The van der Waals surface area contributed by atoms with Crippen molar-refractivity contribution in [3.63, 3.8) is 0 Å². The predicted octanol–water partition coefficient (Wildman–Crippen LogP) is 6.20. The van der Waals surface area contributed by atoms with E-state index >= 15 is 0 Å². The number of fused-ring (bicyclic) bond motifs is 1. The maximum Gasteiger partial charge on any atom is 0.407 e. The van der Waals surface area contributed by atoms with Gasteiger partial charge in [-0.05, 0) is 67.1 Å². The molecule has 5 nitrogen and oxygen atoms in total. The molecule has 0 spiro atoms. The van der Waals surface area contributed by atoms with Crippen LogP contribution in [-0.4, -0.2) is 25.3 Å². The predicted molar refractivity (Wildman–Crippen MR) is 124 cm³/mol. The molecule has 0 unspecified atom stereocenters. The van der Waals surface area contributed by atoms with Crippen LogP contribution in [0.5, 0.6) is 11.5 Å². The molecule has 1 N–H and O–H groups in total. The Kier molecular flexibility index (Phi) is 7.06. The van der Waals surface area contributed by atoms with E-state index in [1.165, 1.54) is 32.1 Å². The van der Waals surface area contributed by atoms with Crippen molar-refractivity contribution in [3.05, 3.63) is 58.1 Å². The Hall–Kier alpha value is -2.21. The highest BCUT2D eigenvalue weighted by Gasteiger charge is 2.35. The average Bonchev–Trinajstić information content (AvgIpc) is 2.79. The first kappa shape index (κ1) is 22.0. The van der Waals surface area contributed by atoms with Crippen LogP contribution in [0.3, 0.4) is 0 Å². The first-order valence-corrected chi connectivity index (χ1v) is 11.9. The van der Waals surface area contributed by atoms with Gasteiger partial charge >= 0.3 is 6.09 Å². The van der Waals surface area contributed by atoms with Gasteiger partial charge in [-0.2, -0.15) is 0 Å². The first-order chi connectivity index (χ1) is 15.0. The van der Waals surface area contributed by atoms with Gasteiger partial charge in [0.15, 0.2) is 6.10 Å². The van der Waals surface area contributed by atoms with E-state index in [-0.39, 0.29) is 12.1 Å². The Morgan fingerprint density at radius 1 is 1.16 bits per heavy atom. The summed E-state index contributed by atoms with van der Waals surface area (Å²) in [5.74, 6) is 2.08. The molecule has 1 heterocycles. The molecule has 1 aliphatic carbocycles. The summed E-state index contributed by atoms with van der Waals surface area (Å²) in [7, 11) is 1.64. The Morgan fingerprint density at radius 3 is 2.74 bits per heavy atom. The van der Waals surface area contributed by atoms with Gasteiger partial charge in [-0.25, -0.2) is 4.79 Å². The van der Waals surface area contributed by atoms with Crippen molar-refractivity contribution >= 4 is 22.0 Å². The molecule has 0 bridgehead atoms. The van der Waals surface area contributed by atoms with E-state index in [2.05, 4.69) is 28.2 Å². The van der Waals surface area contributed by atoms with Crippen LogP contribution in [0.15, 0.2) is 46.9 Å². The molecule has 1 aliphatic heterocycles. The van der Waals surface area contributed by atoms with Crippen molar-refractivity contribution in [2.75, 3.05) is 7.11 Å². The normalized spacial score (nSPS) is 22.0. The zero-order valence-corrected chi connectivity index (χ0v) is 19.7. The fourth-order valence-corrected chi connectivity index (χ4v) is 5.08. The van der Waals surface area contributed by atoms with E-state index in [9.17, 15) is 4.79 Å². The number of ether oxygens (including phenoxy) is 3. The number of hydrogen-bond acceptors (Lipinski definition) is 4. The second-order valence-electron chi connectivity index (χ2n) is 8.55. The van der Waals surface area contributed by atoms with Gasteiger partial charge in [-0.3, -0.25) is 0 Å². The van der Waals surface area contributed by atoms with Gasteiger partial charge in [0.1, 0.15) is 17.6 Å². The minimum atomic E-state index is -0.438. The van der Waals surface area contributed by atoms with Crippen LogP contribution in [0, 0.1) is 5.92 Å². The standard InChI is InChI=1S/C25H30BrNO4/c1-16(17-7-4-3-5-8-17)27-25(28)31-23-15-19-13-20(26)11-12-22(19)30-24(23)18-9-6-10-21(14-18)29-2/h6,9-14,16-17,23-24H,3-5,7-8,15H2,1-2H3,(H,27,28)/t16-,23-,24+/m1/s1. The highest BCUT2D eigenvalue weighted by molar-refractivity contribution is 9.10. The van der Waals surface area contributed by atoms with E-state index in [1.807, 2.05) is 42.5 Å². The number of halogens is 1. The third-order valence-electron chi connectivity index (χ3n) is 6.42. The third kappa shape index (κ3) is 5.35. The second-order valence-corrected chi connectivity index (χ2v) is 9.46. The van der Waals surface area contributed by atoms with E-state index in [1.54, 1.807) is 7.11 Å². The molecule has 6 heteroatoms. The number of hydrogen-bond donors (Lipinski definition) is 1. The molecule has 31 heavy (non-hydrogen) atoms. The number of carbonyl (C=O) groups excluding carboxylic acids is 1. The van der Waals surface area contributed by atoms with Crippen LogP contribution in [-0.2, 0) is 11.2 Å². The van der Waals surface area contributed by atoms with Crippen LogP contribution in [0.2, 0.25) is 0 Å². The summed E-state index contributed by atoms with van der Waals surface area (Å²) < 4.78 is 18.6. The van der Waals surface area contributed by atoms with Crippen LogP contribution < -0.4 is 14.8 Å². The van der Waals surface area contributed by atoms with Crippen molar-refractivity contribution in [1.82, 2.24) is 5.32 Å². The monoisotopic (exact) mass is 487 g/mol. The van der Waals surface area contributed by atoms with E-state index in [0.717, 1.165) is 27.1 Å². The molecule has 0 aromatic heterocycles. The zero-order chi connectivity index (χ0) is 21.8. The number of alkyl carbamates (subject to hydrolysis) is 1. The number of methoxy groups -OCH3 is 1. The fourth-order valence-electron chi connectivity index (χ4n) is 4.67. The molecule has 1 fully saturated rings. The molecule has 2 aromatic rings. The minimum Gasteiger partial charge on any atom is -0.497 e. The van der Waals surface area contributed by atoms with Crippen LogP contribution >= 0.6 is 15.9 Å². The second kappa shape index (κ2) is 9.94. The number of rotatable bonds is 5. The Balaban J connectivity index is 1.52. The molecule has 0 saturated heterocycles. The van der Waals surface area contributed by atoms with Gasteiger partial charge in [-0.15, -0.1) is 0 Å². The first-order valence-electron chi connectivity index (χ1n) is 11.1. The van der Waals surface area contributed by atoms with Crippen molar-refractivity contribution in [2.45, 2.75) is 63.7 Å². The third-order valence-corrected chi connectivity index (χ3v) is 6.91. The molecular weight excluding hydrogens is 458 g/mol. The summed E-state index contributed by atoms with van der Waals surface area (Å²) in [5.41, 5.74) is 1.94. The molecule has 1 saturated carbocycles. The summed E-state index contributed by atoms with van der Waals surface area (Å²) in [6, 6.07) is 13.8. The maximum absolute atomic E-state index is 12.8. The SMILES string of the molecule is COc1cccc([C@@H]2Oc3ccc(Br)cc3C[C@H]2OC(=O)N[C@H](C)C2CCCCC2)c1. The van der Waals surface area contributed by atoms with Gasteiger partial charge in [0, 0.05) is 16.9 Å². The van der Waals surface area contributed by atoms with E-state index in [4.69, 9.17) is 14.2 Å². The molecule has 2 aromatic carbocycles. The summed E-state index contributed by atoms with van der Waals surface area (Å²) >= 11 is 3.52. The van der Waals surface area contributed by atoms with Gasteiger partial charge in [0.25, 0.3) is 0 Å². The molecule has 4 rings (SSSR count). The van der Waals surface area contributed by atoms with Gasteiger partial charge in [0.2, 0.25) is 0 Å². The van der Waals surface area contributed by atoms with E-state index < -0.39 is 12.2 Å². The topological polar surface area (TPSA) is 56.8 Å². The zero-order valence-electron chi connectivity index (χ0n) is 18.1. The Bertz CT molecular complexity index is 912. The maximum atomic E-state index is 12.8. The molecular formula is C25H30BrNO4. The highest BCUT2D eigenvalue weighted by Crippen LogP contribution is 2.38. The number of benzene rings is 2. The van der Waals surface area contributed by atoms with Crippen LogP contribution in [0.25, 0.3) is 0 Å². The largest absolute Gasteiger partial charge is 0.497 e. The number of carbonyl (C=O) groups is 1. The minimum absolute atomic E-state index is 0.106. The van der Waals surface area contributed by atoms with Gasteiger partial charge < -0.3 is 19.5 Å². The lowest BCUT2D eigenvalue weighted by Crippen LogP contribution is -2.43. The summed E-state index contributed by atoms with van der Waals surface area (Å²) in [5, 5.41) is 3.08. The lowest BCUT2D eigenvalue weighted by molar-refractivity contribution is 0.00125. The molecule has 166 valence electrons. The van der Waals surface area contributed by atoms with E-state index in [0.29, 0.717) is 12.3 Å². The summed E-state index contributed by atoms with van der Waals surface area (Å²) in [4.78, 5) is 12.8. The molecule has 3 atom stereocenters. The molecule has 1 amide bonds. The molecule has 2 aliphatic rings. The Morgan fingerprint density at radius 2 is 1.97 bits per heavy atom. The summed E-state index contributed by atoms with van der Waals surface area (Å²) in [6.07, 6.45) is 5.48. The van der Waals surface area contributed by atoms with Crippen molar-refractivity contribution in [3.8, 4) is 11.5 Å². The van der Waals surface area contributed by atoms with Crippen molar-refractivity contribution in [1.29, 1.82) is 0 Å². The average molecular weight is 488 g/mol. The summed E-state index contributed by atoms with van der Waals surface area (Å²) in [6.45, 7) is 2.08. The Labute approximate surface area is 192 Å². The van der Waals surface area contributed by atoms with Crippen molar-refractivity contribution in [2.24, 2.45) is 5.92 Å². The van der Waals surface area contributed by atoms with Gasteiger partial charge in [0.05, 0.1) is 7.11 Å². The number of nitrogens with one attached hydrogen (secondary N) is 1. The van der Waals surface area contributed by atoms with Crippen LogP contribution in [0.1, 0.15) is 56.3 Å². The van der Waals surface area contributed by atoms with Crippen LogP contribution in [0.4, 0.5) is 4.79 Å². The molecule has 0 radical (unpaired) electrons. The van der Waals surface area contributed by atoms with Gasteiger partial charge in [-0.1, -0.05) is 47.3 Å². The highest BCUT2D eigenvalue weighted by atomic mass is 79.9. The lowest BCUT2D eigenvalue weighted by atomic mass is 9.85. The number of amides is 1. The lowest BCUT2D eigenvalue weighted by Gasteiger charge is -2.34. The van der Waals surface area contributed by atoms with Crippen molar-refractivity contribution < 1.29 is 19.0 Å².